The van der Waals surface area contributed by atoms with Gasteiger partial charge in [-0.2, -0.15) is 11.3 Å². The second kappa shape index (κ2) is 14.6. The Morgan fingerprint density at radius 3 is 2.13 bits per heavy atom. The van der Waals surface area contributed by atoms with Crippen LogP contribution in [0.25, 0.3) is 51.7 Å². The third-order valence-electron chi connectivity index (χ3n) is 10.00. The fraction of sp³-hybridized carbons (Fsp3) is 0.410. The van der Waals surface area contributed by atoms with Crippen LogP contribution in [0.3, 0.4) is 0 Å². The molecule has 0 amide bonds. The summed E-state index contributed by atoms with van der Waals surface area (Å²) < 4.78 is 3.89. The number of aliphatic hydroxyl groups is 1. The number of nitrogens with zero attached hydrogens (tertiary/aromatic N) is 2. The van der Waals surface area contributed by atoms with Crippen LogP contribution in [0.2, 0.25) is 0 Å². The first-order chi connectivity index (χ1) is 21.8. The van der Waals surface area contributed by atoms with E-state index in [2.05, 4.69) is 72.9 Å². The number of aromatic nitrogens is 2. The zero-order chi connectivity index (χ0) is 33.4. The van der Waals surface area contributed by atoms with Gasteiger partial charge in [-0.05, 0) is 64.8 Å². The molecule has 0 fully saturated rings. The Morgan fingerprint density at radius 1 is 0.851 bits per heavy atom. The van der Waals surface area contributed by atoms with Crippen LogP contribution in [0.5, 0.6) is 0 Å². The number of aliphatic hydroxyl groups excluding tert-OH is 1. The molecule has 4 heterocycles. The van der Waals surface area contributed by atoms with Crippen LogP contribution in [-0.2, 0) is 30.3 Å². The van der Waals surface area contributed by atoms with Gasteiger partial charge in [-0.3, -0.25) is 9.78 Å². The molecule has 2 aromatic carbocycles. The van der Waals surface area contributed by atoms with Gasteiger partial charge < -0.3 is 5.11 Å². The molecular weight excluding hydrogens is 817 g/mol. The second-order valence-corrected chi connectivity index (χ2v) is 16.6. The van der Waals surface area contributed by atoms with Crippen molar-refractivity contribution in [2.24, 2.45) is 10.8 Å². The molecule has 6 aromatic rings. The van der Waals surface area contributed by atoms with Gasteiger partial charge in [-0.1, -0.05) is 73.4 Å². The van der Waals surface area contributed by atoms with Crippen molar-refractivity contribution in [3.63, 3.8) is 0 Å². The summed E-state index contributed by atoms with van der Waals surface area (Å²) in [5.74, 6) is 0.286. The molecule has 6 rings (SSSR count). The molecule has 0 spiro atoms. The number of hydrogen-bond donors (Lipinski definition) is 1. The molecule has 8 heteroatoms. The number of benzene rings is 2. The number of hydrogen-bond acceptors (Lipinski definition) is 7. The minimum Gasteiger partial charge on any atom is -0.512 e. The van der Waals surface area contributed by atoms with Crippen LogP contribution >= 0.6 is 34.0 Å². The Labute approximate surface area is 304 Å². The molecule has 4 aromatic heterocycles. The van der Waals surface area contributed by atoms with E-state index < -0.39 is 0 Å². The molecule has 251 valence electrons. The number of carbonyl (C=O) groups is 1. The van der Waals surface area contributed by atoms with Crippen molar-refractivity contribution in [1.82, 2.24) is 9.97 Å². The molecule has 0 saturated heterocycles. The van der Waals surface area contributed by atoms with E-state index in [1.807, 2.05) is 41.5 Å². The SMILES string of the molecule is CC(C)(C)c1cc(-c2ncnc3sc4ccc5sccc5c4c23)[c-]c2ccsc12.CCC(C)(CC)C(=O)/C=C(\O)C(C)(CC)CC.[Ir]. The molecular formula is C39H45IrN2O2S3-. The van der Waals surface area contributed by atoms with Gasteiger partial charge in [0.05, 0.1) is 0 Å². The van der Waals surface area contributed by atoms with Crippen molar-refractivity contribution in [1.29, 1.82) is 0 Å². The van der Waals surface area contributed by atoms with Crippen molar-refractivity contribution in [3.05, 3.63) is 70.9 Å². The summed E-state index contributed by atoms with van der Waals surface area (Å²) in [6.45, 7) is 18.9. The fourth-order valence-electron chi connectivity index (χ4n) is 5.72. The van der Waals surface area contributed by atoms with Gasteiger partial charge in [0, 0.05) is 68.3 Å². The summed E-state index contributed by atoms with van der Waals surface area (Å²) in [7, 11) is 0. The molecule has 0 aliphatic rings. The Morgan fingerprint density at radius 2 is 1.49 bits per heavy atom. The zero-order valence-corrected chi connectivity index (χ0v) is 33.7. The van der Waals surface area contributed by atoms with Gasteiger partial charge in [-0.25, -0.2) is 4.98 Å². The van der Waals surface area contributed by atoms with E-state index >= 15 is 0 Å². The molecule has 47 heavy (non-hydrogen) atoms. The third kappa shape index (κ3) is 7.14. The molecule has 0 saturated carbocycles. The van der Waals surface area contributed by atoms with E-state index in [4.69, 9.17) is 4.98 Å². The molecule has 0 aliphatic heterocycles. The van der Waals surface area contributed by atoms with E-state index in [9.17, 15) is 9.90 Å². The summed E-state index contributed by atoms with van der Waals surface area (Å²) in [5.41, 5.74) is 2.84. The average molecular weight is 862 g/mol. The molecule has 0 atom stereocenters. The van der Waals surface area contributed by atoms with Crippen molar-refractivity contribution >= 4 is 80.3 Å². The predicted octanol–water partition coefficient (Wildman–Crippen LogP) is 12.7. The Kier molecular flexibility index (Phi) is 11.6. The van der Waals surface area contributed by atoms with Gasteiger partial charge in [0.1, 0.15) is 16.9 Å². The third-order valence-corrected chi connectivity index (χ3v) is 12.9. The first kappa shape index (κ1) is 37.3. The topological polar surface area (TPSA) is 63.1 Å². The van der Waals surface area contributed by atoms with Gasteiger partial charge in [-0.15, -0.1) is 46.3 Å². The standard InChI is InChI=1S/C24H17N2S3.C15H28O2.Ir/c1-24(2,3)16-11-14(10-13-6-8-28-22(13)16)21-20-19-15-7-9-27-17(15)4-5-18(19)29-23(20)26-12-25-21;1-7-14(5,8-2)12(16)11-13(17)15(6,9-3)10-4;/h4-9,11-12H,1-3H3;11,16H,7-10H2,1-6H3;/q-1;;/b;12-11-;. The maximum Gasteiger partial charge on any atom is 0.164 e. The van der Waals surface area contributed by atoms with Crippen LogP contribution in [-0.4, -0.2) is 20.9 Å². The summed E-state index contributed by atoms with van der Waals surface area (Å²) >= 11 is 5.32. The molecule has 0 unspecified atom stereocenters. The van der Waals surface area contributed by atoms with Crippen molar-refractivity contribution in [3.8, 4) is 11.3 Å². The normalized spacial score (nSPS) is 12.8. The van der Waals surface area contributed by atoms with Crippen molar-refractivity contribution < 1.29 is 30.0 Å². The van der Waals surface area contributed by atoms with Gasteiger partial charge in [0.25, 0.3) is 0 Å². The summed E-state index contributed by atoms with van der Waals surface area (Å²) in [6, 6.07) is 14.8. The average Bonchev–Trinajstić information content (AvgIpc) is 3.80. The first-order valence-corrected chi connectivity index (χ1v) is 18.8. The van der Waals surface area contributed by atoms with Gasteiger partial charge >= 0.3 is 0 Å². The van der Waals surface area contributed by atoms with Crippen LogP contribution in [0.4, 0.5) is 0 Å². The number of rotatable bonds is 8. The maximum absolute atomic E-state index is 12.2. The Hall–Kier alpha value is -2.48. The second-order valence-electron chi connectivity index (χ2n) is 13.7. The van der Waals surface area contributed by atoms with E-state index in [1.54, 1.807) is 40.3 Å². The number of thiophene rings is 3. The molecule has 1 N–H and O–H groups in total. The number of carbonyl (C=O) groups excluding carboxylic acids is 1. The van der Waals surface area contributed by atoms with Crippen LogP contribution in [0, 0.1) is 16.9 Å². The molecule has 1 radical (unpaired) electrons. The van der Waals surface area contributed by atoms with Crippen LogP contribution in [0.15, 0.2) is 59.3 Å². The Balaban J connectivity index is 0.000000242. The first-order valence-electron chi connectivity index (χ1n) is 16.2. The van der Waals surface area contributed by atoms with E-state index in [-0.39, 0.29) is 47.9 Å². The quantitative estimate of drug-likeness (QED) is 0.0941. The Bertz CT molecular complexity index is 2050. The number of ketones is 1. The van der Waals surface area contributed by atoms with Gasteiger partial charge in [0.15, 0.2) is 5.78 Å². The van der Waals surface area contributed by atoms with E-state index in [1.165, 1.54) is 41.9 Å². The minimum absolute atomic E-state index is 0. The zero-order valence-electron chi connectivity index (χ0n) is 28.8. The molecule has 0 aliphatic carbocycles. The summed E-state index contributed by atoms with van der Waals surface area (Å²) in [5, 5.41) is 19.3. The fourth-order valence-corrected chi connectivity index (χ4v) is 8.65. The molecule has 0 bridgehead atoms. The predicted molar refractivity (Wildman–Crippen MR) is 202 cm³/mol. The smallest absolute Gasteiger partial charge is 0.164 e. The number of fused-ring (bicyclic) bond motifs is 6. The summed E-state index contributed by atoms with van der Waals surface area (Å²) in [6.07, 6.45) is 6.45. The van der Waals surface area contributed by atoms with Crippen LogP contribution < -0.4 is 0 Å². The van der Waals surface area contributed by atoms with E-state index in [0.717, 1.165) is 47.2 Å². The van der Waals surface area contributed by atoms with Gasteiger partial charge in [0.2, 0.25) is 0 Å². The van der Waals surface area contributed by atoms with Crippen molar-refractivity contribution in [2.45, 2.75) is 93.4 Å². The monoisotopic (exact) mass is 862 g/mol. The van der Waals surface area contributed by atoms with Crippen LogP contribution in [0.1, 0.15) is 93.6 Å². The molecule has 4 nitrogen and oxygen atoms in total. The largest absolute Gasteiger partial charge is 0.512 e. The minimum atomic E-state index is -0.337. The van der Waals surface area contributed by atoms with E-state index in [0.29, 0.717) is 0 Å². The van der Waals surface area contributed by atoms with Crippen molar-refractivity contribution in [2.75, 3.05) is 0 Å². The maximum atomic E-state index is 12.2. The number of allylic oxidation sites excluding steroid dienone is 2. The summed E-state index contributed by atoms with van der Waals surface area (Å²) in [4.78, 5) is 22.6.